The number of carbonyl (C=O) groups is 2. The van der Waals surface area contributed by atoms with Crippen molar-refractivity contribution in [3.63, 3.8) is 0 Å². The van der Waals surface area contributed by atoms with Crippen LogP contribution in [0.2, 0.25) is 0 Å². The van der Waals surface area contributed by atoms with Gasteiger partial charge in [0.15, 0.2) is 6.10 Å². The maximum absolute atomic E-state index is 11.1. The molecule has 0 radical (unpaired) electrons. The maximum Gasteiger partial charge on any atom is 0.303 e. The van der Waals surface area contributed by atoms with Gasteiger partial charge in [-0.25, -0.2) is 0 Å². The van der Waals surface area contributed by atoms with Crippen LogP contribution < -0.4 is 0 Å². The van der Waals surface area contributed by atoms with Gasteiger partial charge in [-0.1, -0.05) is 6.92 Å². The predicted molar refractivity (Wildman–Crippen MR) is 60.4 cm³/mol. The molecule has 1 heterocycles. The molecule has 0 bridgehead atoms. The van der Waals surface area contributed by atoms with Crippen LogP contribution in [-0.2, 0) is 23.8 Å². The summed E-state index contributed by atoms with van der Waals surface area (Å²) < 4.78 is 16.1. The predicted octanol–water partition coefficient (Wildman–Crippen LogP) is 1.44. The summed E-state index contributed by atoms with van der Waals surface area (Å²) in [5, 5.41) is 0. The summed E-state index contributed by atoms with van der Waals surface area (Å²) >= 11 is 0. The molecule has 5 heteroatoms. The summed E-state index contributed by atoms with van der Waals surface area (Å²) in [6.45, 7) is 6.56. The van der Waals surface area contributed by atoms with Crippen LogP contribution in [-0.4, -0.2) is 36.4 Å². The third-order valence-corrected chi connectivity index (χ3v) is 2.73. The lowest BCUT2D eigenvalue weighted by atomic mass is 9.96. The third kappa shape index (κ3) is 4.00. The molecule has 0 N–H and O–H groups in total. The van der Waals surface area contributed by atoms with Gasteiger partial charge in [-0.2, -0.15) is 0 Å². The fourth-order valence-electron chi connectivity index (χ4n) is 2.13. The van der Waals surface area contributed by atoms with Crippen molar-refractivity contribution in [2.24, 2.45) is 0 Å². The van der Waals surface area contributed by atoms with Gasteiger partial charge in [0, 0.05) is 20.3 Å². The smallest absolute Gasteiger partial charge is 0.303 e. The Balaban J connectivity index is 2.78. The minimum atomic E-state index is -0.502. The summed E-state index contributed by atoms with van der Waals surface area (Å²) in [6.07, 6.45) is 0.125. The van der Waals surface area contributed by atoms with Gasteiger partial charge in [0.2, 0.25) is 0 Å². The molecule has 98 valence electrons. The van der Waals surface area contributed by atoms with E-state index in [9.17, 15) is 9.59 Å². The molecule has 0 aromatic heterocycles. The van der Waals surface area contributed by atoms with E-state index in [-0.39, 0.29) is 24.1 Å². The minimum Gasteiger partial charge on any atom is -0.458 e. The number of hydrogen-bond acceptors (Lipinski definition) is 5. The first-order valence-electron chi connectivity index (χ1n) is 5.94. The van der Waals surface area contributed by atoms with Crippen LogP contribution in [0.4, 0.5) is 0 Å². The van der Waals surface area contributed by atoms with Gasteiger partial charge in [-0.3, -0.25) is 9.59 Å². The minimum absolute atomic E-state index is 0.00360. The summed E-state index contributed by atoms with van der Waals surface area (Å²) in [6, 6.07) is 0. The van der Waals surface area contributed by atoms with Crippen molar-refractivity contribution in [1.82, 2.24) is 0 Å². The summed E-state index contributed by atoms with van der Waals surface area (Å²) in [4.78, 5) is 22.1. The number of hydrogen-bond donors (Lipinski definition) is 0. The van der Waals surface area contributed by atoms with Crippen molar-refractivity contribution >= 4 is 11.9 Å². The molecule has 17 heavy (non-hydrogen) atoms. The van der Waals surface area contributed by atoms with Crippen molar-refractivity contribution in [3.05, 3.63) is 0 Å². The van der Waals surface area contributed by atoms with Crippen molar-refractivity contribution in [3.8, 4) is 0 Å². The zero-order valence-corrected chi connectivity index (χ0v) is 10.8. The van der Waals surface area contributed by atoms with Crippen LogP contribution in [0.1, 0.15) is 40.5 Å². The van der Waals surface area contributed by atoms with Gasteiger partial charge in [-0.15, -0.1) is 0 Å². The fourth-order valence-corrected chi connectivity index (χ4v) is 2.13. The first-order valence-corrected chi connectivity index (χ1v) is 5.94. The molecule has 0 aromatic carbocycles. The van der Waals surface area contributed by atoms with Gasteiger partial charge in [0.1, 0.15) is 6.10 Å². The van der Waals surface area contributed by atoms with Gasteiger partial charge in [0.25, 0.3) is 0 Å². The van der Waals surface area contributed by atoms with E-state index in [4.69, 9.17) is 14.2 Å². The Morgan fingerprint density at radius 3 is 2.29 bits per heavy atom. The van der Waals surface area contributed by atoms with Crippen LogP contribution in [0.5, 0.6) is 0 Å². The highest BCUT2D eigenvalue weighted by molar-refractivity contribution is 5.67. The highest BCUT2D eigenvalue weighted by Gasteiger charge is 2.40. The van der Waals surface area contributed by atoms with E-state index < -0.39 is 12.2 Å². The number of ether oxygens (including phenoxy) is 3. The highest BCUT2D eigenvalue weighted by Crippen LogP contribution is 2.27. The van der Waals surface area contributed by atoms with E-state index in [0.29, 0.717) is 12.8 Å². The average molecular weight is 244 g/mol. The Labute approximate surface area is 101 Å². The van der Waals surface area contributed by atoms with Crippen LogP contribution in [0.15, 0.2) is 0 Å². The second-order valence-electron chi connectivity index (χ2n) is 4.35. The number of esters is 2. The molecule has 5 nitrogen and oxygen atoms in total. The van der Waals surface area contributed by atoms with E-state index in [1.54, 1.807) is 0 Å². The summed E-state index contributed by atoms with van der Waals surface area (Å²) in [5.41, 5.74) is 0. The van der Waals surface area contributed by atoms with Crippen LogP contribution in [0, 0.1) is 0 Å². The molecule has 0 spiro atoms. The zero-order valence-electron chi connectivity index (χ0n) is 10.8. The Kier molecular flexibility index (Phi) is 4.93. The molecule has 1 fully saturated rings. The Morgan fingerprint density at radius 2 is 1.82 bits per heavy atom. The lowest BCUT2D eigenvalue weighted by Gasteiger charge is -2.39. The standard InChI is InChI=1S/C12H20O5/c1-5-10-12(17-9(4)14)11(16-8(3)13)6-7(2)15-10/h7,10-12H,5-6H2,1-4H3/t7-,10+,11+,12-/m0/s1. The Bertz CT molecular complexity index is 289. The first-order chi connectivity index (χ1) is 7.93. The molecule has 0 saturated carbocycles. The largest absolute Gasteiger partial charge is 0.458 e. The van der Waals surface area contributed by atoms with E-state index in [1.165, 1.54) is 13.8 Å². The van der Waals surface area contributed by atoms with E-state index in [2.05, 4.69) is 0 Å². The van der Waals surface area contributed by atoms with E-state index in [1.807, 2.05) is 13.8 Å². The van der Waals surface area contributed by atoms with E-state index in [0.717, 1.165) is 0 Å². The second-order valence-corrected chi connectivity index (χ2v) is 4.35. The molecule has 0 aliphatic carbocycles. The van der Waals surface area contributed by atoms with E-state index >= 15 is 0 Å². The topological polar surface area (TPSA) is 61.8 Å². The molecular formula is C12H20O5. The van der Waals surface area contributed by atoms with Gasteiger partial charge in [0.05, 0.1) is 12.2 Å². The zero-order chi connectivity index (χ0) is 13.0. The molecule has 1 saturated heterocycles. The Hall–Kier alpha value is -1.10. The van der Waals surface area contributed by atoms with Gasteiger partial charge < -0.3 is 14.2 Å². The fraction of sp³-hybridized carbons (Fsp3) is 0.833. The van der Waals surface area contributed by atoms with Crippen molar-refractivity contribution in [2.75, 3.05) is 0 Å². The third-order valence-electron chi connectivity index (χ3n) is 2.73. The van der Waals surface area contributed by atoms with Crippen molar-refractivity contribution in [1.29, 1.82) is 0 Å². The normalized spacial score (nSPS) is 32.9. The summed E-state index contributed by atoms with van der Waals surface area (Å²) in [7, 11) is 0. The summed E-state index contributed by atoms with van der Waals surface area (Å²) in [5.74, 6) is -0.750. The average Bonchev–Trinajstić information content (AvgIpc) is 2.20. The number of rotatable bonds is 3. The molecule has 4 atom stereocenters. The number of carbonyl (C=O) groups excluding carboxylic acids is 2. The van der Waals surface area contributed by atoms with Crippen LogP contribution >= 0.6 is 0 Å². The lowest BCUT2D eigenvalue weighted by Crippen LogP contribution is -2.50. The Morgan fingerprint density at radius 1 is 1.24 bits per heavy atom. The first kappa shape index (κ1) is 14.0. The molecule has 1 aliphatic heterocycles. The molecule has 0 aromatic rings. The van der Waals surface area contributed by atoms with Crippen molar-refractivity contribution < 1.29 is 23.8 Å². The van der Waals surface area contributed by atoms with Gasteiger partial charge >= 0.3 is 11.9 Å². The monoisotopic (exact) mass is 244 g/mol. The maximum atomic E-state index is 11.1. The molecule has 1 aliphatic rings. The SMILES string of the molecule is CC[C@H]1O[C@@H](C)C[C@@H](OC(C)=O)[C@H]1OC(C)=O. The lowest BCUT2D eigenvalue weighted by molar-refractivity contribution is -0.204. The quantitative estimate of drug-likeness (QED) is 0.703. The molecular weight excluding hydrogens is 224 g/mol. The van der Waals surface area contributed by atoms with Crippen LogP contribution in [0.3, 0.4) is 0 Å². The second kappa shape index (κ2) is 6.00. The highest BCUT2D eigenvalue weighted by atomic mass is 16.6. The molecule has 1 rings (SSSR count). The van der Waals surface area contributed by atoms with Gasteiger partial charge in [-0.05, 0) is 13.3 Å². The van der Waals surface area contributed by atoms with Crippen LogP contribution in [0.25, 0.3) is 0 Å². The molecule has 0 unspecified atom stereocenters. The van der Waals surface area contributed by atoms with Crippen molar-refractivity contribution in [2.45, 2.75) is 65.0 Å². The molecule has 0 amide bonds.